The van der Waals surface area contributed by atoms with Crippen molar-refractivity contribution in [2.75, 3.05) is 6.54 Å². The van der Waals surface area contributed by atoms with Crippen LogP contribution in [0.15, 0.2) is 42.1 Å². The zero-order chi connectivity index (χ0) is 13.4. The number of ketones is 1. The lowest BCUT2D eigenvalue weighted by atomic mass is 9.89. The largest absolute Gasteiger partial charge is 0.300 e. The van der Waals surface area contributed by atoms with Crippen molar-refractivity contribution in [3.63, 3.8) is 0 Å². The molecule has 2 aliphatic rings. The first kappa shape index (κ1) is 12.7. The molecule has 2 fully saturated rings. The normalized spacial score (nSPS) is 27.2. The predicted molar refractivity (Wildman–Crippen MR) is 76.2 cm³/mol. The molecule has 2 heterocycles. The van der Waals surface area contributed by atoms with Crippen molar-refractivity contribution in [1.29, 1.82) is 0 Å². The minimum Gasteiger partial charge on any atom is -0.300 e. The lowest BCUT2D eigenvalue weighted by Crippen LogP contribution is -2.41. The lowest BCUT2D eigenvalue weighted by molar-refractivity contribution is -0.124. The molecule has 2 saturated heterocycles. The zero-order valence-electron chi connectivity index (χ0n) is 10.7. The van der Waals surface area contributed by atoms with Gasteiger partial charge in [0, 0.05) is 36.5 Å². The van der Waals surface area contributed by atoms with Crippen molar-refractivity contribution in [2.24, 2.45) is 0 Å². The number of Topliss-reactive ketones (excluding diaryl/α,β-unsaturated/α-hetero) is 1. The van der Waals surface area contributed by atoms with E-state index in [0.29, 0.717) is 18.6 Å². The van der Waals surface area contributed by atoms with Gasteiger partial charge in [-0.3, -0.25) is 9.69 Å². The van der Waals surface area contributed by atoms with Gasteiger partial charge in [-0.15, -0.1) is 5.73 Å². The molecule has 0 unspecified atom stereocenters. The number of carbonyl (C=O) groups excluding carboxylic acids is 1. The Bertz CT molecular complexity index is 557. The molecule has 0 aliphatic carbocycles. The Morgan fingerprint density at radius 2 is 1.89 bits per heavy atom. The number of hydrogen-bond donors (Lipinski definition) is 0. The first-order chi connectivity index (χ1) is 9.19. The highest BCUT2D eigenvalue weighted by molar-refractivity contribution is 6.30. The maximum absolute atomic E-state index is 12.0. The standard InChI is InChI=1S/C16H16ClNO/c1-2-11-7-8-18-15(11)9-14(19)10-16(18)12-3-5-13(17)6-4-12/h3-6,15-16H,1,7-10H2/t15-,16-/m1/s1. The SMILES string of the molecule is C=C=C1CCN2[C@@H]1CC(=O)C[C@@H]2c1ccc(Cl)cc1. The monoisotopic (exact) mass is 273 g/mol. The number of benzene rings is 1. The molecule has 0 radical (unpaired) electrons. The van der Waals surface area contributed by atoms with E-state index in [0.717, 1.165) is 18.0 Å². The number of hydrogen-bond acceptors (Lipinski definition) is 2. The molecule has 2 aliphatic heterocycles. The maximum Gasteiger partial charge on any atom is 0.136 e. The van der Waals surface area contributed by atoms with E-state index in [1.165, 1.54) is 11.1 Å². The van der Waals surface area contributed by atoms with Crippen LogP contribution in [0.4, 0.5) is 0 Å². The van der Waals surface area contributed by atoms with Gasteiger partial charge in [0.2, 0.25) is 0 Å². The van der Waals surface area contributed by atoms with E-state index in [9.17, 15) is 4.79 Å². The molecule has 0 amide bonds. The minimum atomic E-state index is 0.175. The van der Waals surface area contributed by atoms with Crippen molar-refractivity contribution in [2.45, 2.75) is 31.3 Å². The van der Waals surface area contributed by atoms with Crippen LogP contribution in [0.3, 0.4) is 0 Å². The van der Waals surface area contributed by atoms with Gasteiger partial charge in [0.1, 0.15) is 5.78 Å². The van der Waals surface area contributed by atoms with Crippen LogP contribution in [0.1, 0.15) is 30.9 Å². The molecular weight excluding hydrogens is 258 g/mol. The molecule has 0 aromatic heterocycles. The molecule has 98 valence electrons. The van der Waals surface area contributed by atoms with E-state index in [1.807, 2.05) is 24.3 Å². The van der Waals surface area contributed by atoms with Crippen LogP contribution < -0.4 is 0 Å². The molecule has 0 bridgehead atoms. The quantitative estimate of drug-likeness (QED) is 0.730. The van der Waals surface area contributed by atoms with Crippen molar-refractivity contribution < 1.29 is 4.79 Å². The number of piperidine rings is 1. The summed E-state index contributed by atoms with van der Waals surface area (Å²) in [5.74, 6) is 0.329. The Labute approximate surface area is 118 Å². The fraction of sp³-hybridized carbons (Fsp3) is 0.375. The van der Waals surface area contributed by atoms with E-state index < -0.39 is 0 Å². The number of fused-ring (bicyclic) bond motifs is 1. The Kier molecular flexibility index (Phi) is 3.32. The van der Waals surface area contributed by atoms with E-state index >= 15 is 0 Å². The van der Waals surface area contributed by atoms with Crippen LogP contribution in [0, 0.1) is 0 Å². The van der Waals surface area contributed by atoms with Crippen molar-refractivity contribution in [3.8, 4) is 0 Å². The molecule has 19 heavy (non-hydrogen) atoms. The van der Waals surface area contributed by atoms with Crippen molar-refractivity contribution >= 4 is 17.4 Å². The van der Waals surface area contributed by atoms with Gasteiger partial charge in [-0.2, -0.15) is 0 Å². The number of carbonyl (C=O) groups is 1. The van der Waals surface area contributed by atoms with Crippen LogP contribution in [0.25, 0.3) is 0 Å². The topological polar surface area (TPSA) is 20.3 Å². The van der Waals surface area contributed by atoms with Crippen molar-refractivity contribution in [1.82, 2.24) is 4.90 Å². The molecule has 2 nitrogen and oxygen atoms in total. The van der Waals surface area contributed by atoms with E-state index in [2.05, 4.69) is 17.2 Å². The molecule has 1 aromatic carbocycles. The van der Waals surface area contributed by atoms with Crippen LogP contribution in [-0.4, -0.2) is 23.3 Å². The second kappa shape index (κ2) is 4.97. The number of nitrogens with zero attached hydrogens (tertiary/aromatic N) is 1. The number of halogens is 1. The van der Waals surface area contributed by atoms with Gasteiger partial charge >= 0.3 is 0 Å². The van der Waals surface area contributed by atoms with Crippen LogP contribution in [0.2, 0.25) is 5.02 Å². The van der Waals surface area contributed by atoms with E-state index in [1.54, 1.807) is 0 Å². The van der Waals surface area contributed by atoms with Gasteiger partial charge in [0.25, 0.3) is 0 Å². The van der Waals surface area contributed by atoms with Crippen LogP contribution >= 0.6 is 11.6 Å². The van der Waals surface area contributed by atoms with Gasteiger partial charge in [-0.25, -0.2) is 0 Å². The predicted octanol–water partition coefficient (Wildman–Crippen LogP) is 3.53. The van der Waals surface area contributed by atoms with Gasteiger partial charge in [0.05, 0.1) is 0 Å². The third kappa shape index (κ3) is 2.28. The molecular formula is C16H16ClNO. The summed E-state index contributed by atoms with van der Waals surface area (Å²) in [6.45, 7) is 4.74. The minimum absolute atomic E-state index is 0.175. The molecule has 0 spiro atoms. The lowest BCUT2D eigenvalue weighted by Gasteiger charge is -2.37. The second-order valence-electron chi connectivity index (χ2n) is 5.22. The summed E-state index contributed by atoms with van der Waals surface area (Å²) in [5, 5.41) is 0.732. The molecule has 2 atom stereocenters. The number of rotatable bonds is 1. The molecule has 0 N–H and O–H groups in total. The molecule has 3 heteroatoms. The fourth-order valence-corrected chi connectivity index (χ4v) is 3.34. The van der Waals surface area contributed by atoms with E-state index in [-0.39, 0.29) is 12.1 Å². The summed E-state index contributed by atoms with van der Waals surface area (Å²) in [4.78, 5) is 14.4. The van der Waals surface area contributed by atoms with Crippen LogP contribution in [-0.2, 0) is 4.79 Å². The van der Waals surface area contributed by atoms with Crippen molar-refractivity contribution in [3.05, 3.63) is 52.7 Å². The smallest absolute Gasteiger partial charge is 0.136 e. The summed E-state index contributed by atoms with van der Waals surface area (Å²) in [7, 11) is 0. The summed E-state index contributed by atoms with van der Waals surface area (Å²) < 4.78 is 0. The Balaban J connectivity index is 1.94. The Morgan fingerprint density at radius 1 is 1.21 bits per heavy atom. The van der Waals surface area contributed by atoms with Gasteiger partial charge in [-0.05, 0) is 29.7 Å². The van der Waals surface area contributed by atoms with Gasteiger partial charge < -0.3 is 0 Å². The fourth-order valence-electron chi connectivity index (χ4n) is 3.22. The average molecular weight is 274 g/mol. The average Bonchev–Trinajstić information content (AvgIpc) is 2.81. The van der Waals surface area contributed by atoms with E-state index in [4.69, 9.17) is 11.6 Å². The maximum atomic E-state index is 12.0. The highest BCUT2D eigenvalue weighted by Gasteiger charge is 2.40. The summed E-state index contributed by atoms with van der Waals surface area (Å²) in [6, 6.07) is 8.22. The van der Waals surface area contributed by atoms with Gasteiger partial charge in [0.15, 0.2) is 0 Å². The van der Waals surface area contributed by atoms with Gasteiger partial charge in [-0.1, -0.05) is 30.3 Å². The third-order valence-electron chi connectivity index (χ3n) is 4.17. The molecule has 0 saturated carbocycles. The molecule has 3 rings (SSSR count). The zero-order valence-corrected chi connectivity index (χ0v) is 11.5. The Morgan fingerprint density at radius 3 is 2.58 bits per heavy atom. The highest BCUT2D eigenvalue weighted by atomic mass is 35.5. The first-order valence-electron chi connectivity index (χ1n) is 6.61. The summed E-state index contributed by atoms with van der Waals surface area (Å²) in [5.41, 5.74) is 5.38. The summed E-state index contributed by atoms with van der Waals surface area (Å²) in [6.07, 6.45) is 2.19. The third-order valence-corrected chi connectivity index (χ3v) is 4.42. The highest BCUT2D eigenvalue weighted by Crippen LogP contribution is 2.40. The summed E-state index contributed by atoms with van der Waals surface area (Å²) >= 11 is 5.93. The Hall–Kier alpha value is -1.34. The molecule has 1 aromatic rings. The second-order valence-corrected chi connectivity index (χ2v) is 5.66. The first-order valence-corrected chi connectivity index (χ1v) is 6.98. The van der Waals surface area contributed by atoms with Crippen LogP contribution in [0.5, 0.6) is 0 Å².